The first-order valence-electron chi connectivity index (χ1n) is 12.1. The summed E-state index contributed by atoms with van der Waals surface area (Å²) >= 11 is 19.3. The highest BCUT2D eigenvalue weighted by molar-refractivity contribution is 6.37. The molecule has 4 atom stereocenters. The maximum absolute atomic E-state index is 14.6. The second kappa shape index (κ2) is 7.81. The molecule has 7 rings (SSSR count). The lowest BCUT2D eigenvalue weighted by molar-refractivity contribution is -0.137. The first-order valence-corrected chi connectivity index (χ1v) is 13.2. The first kappa shape index (κ1) is 23.2. The molecule has 3 aromatic rings. The molecule has 0 aromatic heterocycles. The first-order chi connectivity index (χ1) is 17.8. The van der Waals surface area contributed by atoms with Gasteiger partial charge in [0.2, 0.25) is 5.91 Å². The molecule has 186 valence electrons. The monoisotopic (exact) mass is 551 g/mol. The third kappa shape index (κ3) is 2.64. The summed E-state index contributed by atoms with van der Waals surface area (Å²) in [5, 5.41) is 7.00. The minimum absolute atomic E-state index is 0.212. The van der Waals surface area contributed by atoms with Gasteiger partial charge in [-0.25, -0.2) is 0 Å². The fourth-order valence-corrected chi connectivity index (χ4v) is 8.15. The third-order valence-electron chi connectivity index (χ3n) is 8.56. The number of ketones is 1. The molecule has 9 heteroatoms. The van der Waals surface area contributed by atoms with Gasteiger partial charge in [-0.2, -0.15) is 0 Å². The van der Waals surface area contributed by atoms with Crippen LogP contribution in [0.25, 0.3) is 0 Å². The molecule has 4 aliphatic rings. The molecular formula is C28H20Cl3N3O3. The van der Waals surface area contributed by atoms with Crippen molar-refractivity contribution < 1.29 is 14.4 Å². The van der Waals surface area contributed by atoms with Crippen molar-refractivity contribution in [1.82, 2.24) is 4.90 Å². The van der Waals surface area contributed by atoms with E-state index in [4.69, 9.17) is 34.8 Å². The van der Waals surface area contributed by atoms with Crippen molar-refractivity contribution in [3.8, 4) is 0 Å². The Balaban J connectivity index is 1.60. The van der Waals surface area contributed by atoms with Gasteiger partial charge in [-0.1, -0.05) is 65.1 Å². The molecule has 4 heterocycles. The molecule has 2 saturated heterocycles. The van der Waals surface area contributed by atoms with Gasteiger partial charge in [0.25, 0.3) is 5.91 Å². The summed E-state index contributed by atoms with van der Waals surface area (Å²) < 4.78 is 0. The van der Waals surface area contributed by atoms with Crippen LogP contribution in [-0.2, 0) is 20.5 Å². The van der Waals surface area contributed by atoms with E-state index in [2.05, 4.69) is 15.5 Å². The summed E-state index contributed by atoms with van der Waals surface area (Å²) in [4.78, 5) is 45.4. The summed E-state index contributed by atoms with van der Waals surface area (Å²) in [6, 6.07) is 17.0. The van der Waals surface area contributed by atoms with Gasteiger partial charge in [0.1, 0.15) is 11.0 Å². The zero-order valence-electron chi connectivity index (χ0n) is 19.4. The number of carbonyl (C=O) groups is 3. The van der Waals surface area contributed by atoms with Crippen LogP contribution in [0.3, 0.4) is 0 Å². The number of anilines is 2. The standard InChI is InChI=1S/C28H20Cl3N3O3/c29-14-10-11-15(19(31)13-14)24(35)22-21-9-4-12-34(21)28(17-6-3-7-18(30)23(17)33-26(28)37)27(22)16-5-1-2-8-20(16)32-25(27)36/h1-3,5-8,10-11,13,21-22H,4,9,12H2,(H,32,36)(H,33,37)/t21-,22+,27+,28+/m0/s1. The Hall–Kier alpha value is -2.90. The molecule has 3 aromatic carbocycles. The zero-order chi connectivity index (χ0) is 25.7. The van der Waals surface area contributed by atoms with E-state index < -0.39 is 16.9 Å². The number of benzene rings is 3. The second-order valence-electron chi connectivity index (χ2n) is 10.0. The van der Waals surface area contributed by atoms with Crippen LogP contribution in [0.2, 0.25) is 15.1 Å². The van der Waals surface area contributed by atoms with Crippen molar-refractivity contribution in [2.45, 2.75) is 29.8 Å². The molecule has 0 aliphatic carbocycles. The van der Waals surface area contributed by atoms with Gasteiger partial charge < -0.3 is 10.6 Å². The number of hydrogen-bond donors (Lipinski definition) is 2. The molecule has 0 bridgehead atoms. The number of hydrogen-bond acceptors (Lipinski definition) is 4. The molecule has 0 radical (unpaired) electrons. The van der Waals surface area contributed by atoms with Gasteiger partial charge in [0, 0.05) is 27.9 Å². The van der Waals surface area contributed by atoms with Crippen LogP contribution in [-0.4, -0.2) is 35.1 Å². The molecule has 6 nitrogen and oxygen atoms in total. The van der Waals surface area contributed by atoms with Gasteiger partial charge in [-0.05, 0) is 55.3 Å². The number of rotatable bonds is 2. The summed E-state index contributed by atoms with van der Waals surface area (Å²) in [5.41, 5.74) is -0.423. The number of carbonyl (C=O) groups excluding carboxylic acids is 3. The van der Waals surface area contributed by atoms with Crippen molar-refractivity contribution in [2.75, 3.05) is 17.2 Å². The van der Waals surface area contributed by atoms with Gasteiger partial charge >= 0.3 is 0 Å². The highest BCUT2D eigenvalue weighted by Crippen LogP contribution is 2.68. The Kier molecular flexibility index (Phi) is 4.90. The number of fused-ring (bicyclic) bond motifs is 7. The topological polar surface area (TPSA) is 78.5 Å². The van der Waals surface area contributed by atoms with Gasteiger partial charge in [-0.3, -0.25) is 19.3 Å². The molecule has 0 saturated carbocycles. The van der Waals surface area contributed by atoms with Crippen molar-refractivity contribution in [3.05, 3.63) is 92.4 Å². The molecule has 2 N–H and O–H groups in total. The number of Topliss-reactive ketones (excluding diaryl/α,β-unsaturated/α-hetero) is 1. The van der Waals surface area contributed by atoms with Gasteiger partial charge in [0.15, 0.2) is 5.78 Å². The number of amides is 2. The quantitative estimate of drug-likeness (QED) is 0.402. The average molecular weight is 553 g/mol. The summed E-state index contributed by atoms with van der Waals surface area (Å²) in [7, 11) is 0. The minimum atomic E-state index is -1.55. The van der Waals surface area contributed by atoms with E-state index in [-0.39, 0.29) is 34.2 Å². The summed E-state index contributed by atoms with van der Waals surface area (Å²) in [6.07, 6.45) is 1.44. The molecule has 0 unspecified atom stereocenters. The van der Waals surface area contributed by atoms with Crippen LogP contribution in [0.5, 0.6) is 0 Å². The number of nitrogens with one attached hydrogen (secondary N) is 2. The predicted molar refractivity (Wildman–Crippen MR) is 143 cm³/mol. The fraction of sp³-hybridized carbons (Fsp3) is 0.250. The lowest BCUT2D eigenvalue weighted by atomic mass is 9.57. The molecule has 37 heavy (non-hydrogen) atoms. The second-order valence-corrected chi connectivity index (χ2v) is 11.3. The lowest BCUT2D eigenvalue weighted by Gasteiger charge is -2.43. The largest absolute Gasteiger partial charge is 0.325 e. The van der Waals surface area contributed by atoms with Crippen LogP contribution in [0.1, 0.15) is 34.3 Å². The fourth-order valence-electron chi connectivity index (χ4n) is 7.43. The van der Waals surface area contributed by atoms with Crippen molar-refractivity contribution in [1.29, 1.82) is 0 Å². The molecule has 2 fully saturated rings. The van der Waals surface area contributed by atoms with E-state index in [9.17, 15) is 14.4 Å². The van der Waals surface area contributed by atoms with E-state index in [0.717, 1.165) is 6.42 Å². The minimum Gasteiger partial charge on any atom is -0.325 e. The van der Waals surface area contributed by atoms with Gasteiger partial charge in [0.05, 0.1) is 21.7 Å². The van der Waals surface area contributed by atoms with Crippen molar-refractivity contribution in [2.24, 2.45) is 5.92 Å². The summed E-state index contributed by atoms with van der Waals surface area (Å²) in [6.45, 7) is 0.555. The van der Waals surface area contributed by atoms with Crippen LogP contribution >= 0.6 is 34.8 Å². The Labute approximate surface area is 227 Å². The zero-order valence-corrected chi connectivity index (χ0v) is 21.6. The van der Waals surface area contributed by atoms with E-state index in [1.54, 1.807) is 24.3 Å². The number of nitrogens with zero attached hydrogens (tertiary/aromatic N) is 1. The van der Waals surface area contributed by atoms with E-state index in [1.807, 2.05) is 30.3 Å². The smallest absolute Gasteiger partial charge is 0.251 e. The molecule has 2 spiro atoms. The average Bonchev–Trinajstić information content (AvgIpc) is 3.58. The van der Waals surface area contributed by atoms with Crippen LogP contribution in [0.15, 0.2) is 60.7 Å². The maximum Gasteiger partial charge on any atom is 0.251 e. The molecule has 4 aliphatic heterocycles. The number of halogens is 3. The Morgan fingerprint density at radius 2 is 1.68 bits per heavy atom. The Morgan fingerprint density at radius 3 is 2.49 bits per heavy atom. The Bertz CT molecular complexity index is 1560. The molecule has 2 amide bonds. The van der Waals surface area contributed by atoms with Gasteiger partial charge in [-0.15, -0.1) is 0 Å². The predicted octanol–water partition coefficient (Wildman–Crippen LogP) is 5.66. The highest BCUT2D eigenvalue weighted by Gasteiger charge is 2.81. The SMILES string of the molecule is O=C(c1ccc(Cl)cc1Cl)[C@H]1[C@@H]2CCCN2[C@]2(C(=O)Nc3c(Cl)cccc32)[C@@]12C(=O)Nc1ccccc12. The highest BCUT2D eigenvalue weighted by atomic mass is 35.5. The Morgan fingerprint density at radius 1 is 0.892 bits per heavy atom. The van der Waals surface area contributed by atoms with Crippen LogP contribution in [0, 0.1) is 5.92 Å². The summed E-state index contributed by atoms with van der Waals surface area (Å²) in [5.74, 6) is -1.90. The lowest BCUT2D eigenvalue weighted by Crippen LogP contribution is -2.62. The maximum atomic E-state index is 14.6. The van der Waals surface area contributed by atoms with E-state index >= 15 is 0 Å². The van der Waals surface area contributed by atoms with Crippen molar-refractivity contribution >= 4 is 63.8 Å². The number of para-hydroxylation sites is 2. The third-order valence-corrected chi connectivity index (χ3v) is 9.42. The normalized spacial score (nSPS) is 29.4. The van der Waals surface area contributed by atoms with E-state index in [0.29, 0.717) is 45.5 Å². The van der Waals surface area contributed by atoms with Crippen LogP contribution < -0.4 is 10.6 Å². The van der Waals surface area contributed by atoms with E-state index in [1.165, 1.54) is 6.07 Å². The van der Waals surface area contributed by atoms with Crippen molar-refractivity contribution in [3.63, 3.8) is 0 Å². The van der Waals surface area contributed by atoms with Crippen LogP contribution in [0.4, 0.5) is 11.4 Å². The molecular weight excluding hydrogens is 533 g/mol.